The number of rotatable bonds is 3. The maximum atomic E-state index is 6.04. The van der Waals surface area contributed by atoms with Crippen molar-refractivity contribution >= 4 is 23.2 Å². The molecule has 1 aromatic carbocycles. The summed E-state index contributed by atoms with van der Waals surface area (Å²) >= 11 is 12.0. The minimum absolute atomic E-state index is 0.126. The maximum absolute atomic E-state index is 6.04. The van der Waals surface area contributed by atoms with Crippen molar-refractivity contribution in [3.8, 4) is 5.69 Å². The molecule has 0 N–H and O–H groups in total. The highest BCUT2D eigenvalue weighted by molar-refractivity contribution is 6.42. The first-order chi connectivity index (χ1) is 9.65. The molecule has 0 aliphatic heterocycles. The third-order valence-corrected chi connectivity index (χ3v) is 3.94. The lowest BCUT2D eigenvalue weighted by molar-refractivity contribution is 0.623. The van der Waals surface area contributed by atoms with E-state index in [9.17, 15) is 0 Å². The van der Waals surface area contributed by atoms with E-state index in [2.05, 4.69) is 16.9 Å². The van der Waals surface area contributed by atoms with Crippen molar-refractivity contribution in [2.45, 2.75) is 13.0 Å². The van der Waals surface area contributed by atoms with E-state index in [1.54, 1.807) is 24.9 Å². The van der Waals surface area contributed by atoms with E-state index in [-0.39, 0.29) is 6.04 Å². The molecule has 2 heterocycles. The van der Waals surface area contributed by atoms with Crippen LogP contribution >= 0.6 is 23.2 Å². The number of hydrogen-bond donors (Lipinski definition) is 0. The monoisotopic (exact) mass is 306 g/mol. The zero-order valence-electron chi connectivity index (χ0n) is 10.7. The molecule has 0 aliphatic carbocycles. The molecule has 0 radical (unpaired) electrons. The van der Waals surface area contributed by atoms with Crippen molar-refractivity contribution in [2.24, 2.45) is 0 Å². The number of benzene rings is 1. The Labute approximate surface area is 126 Å². The van der Waals surface area contributed by atoms with Crippen molar-refractivity contribution in [3.63, 3.8) is 0 Å². The van der Waals surface area contributed by atoms with E-state index in [0.717, 1.165) is 11.4 Å². The minimum Gasteiger partial charge on any atom is -0.329 e. The Kier molecular flexibility index (Phi) is 3.51. The third-order valence-electron chi connectivity index (χ3n) is 3.20. The molecule has 6 heteroatoms. The van der Waals surface area contributed by atoms with Gasteiger partial charge in [0.2, 0.25) is 0 Å². The molecule has 3 aromatic rings. The first-order valence-corrected chi connectivity index (χ1v) is 6.87. The Hall–Kier alpha value is -1.78. The summed E-state index contributed by atoms with van der Waals surface area (Å²) in [6.07, 6.45) is 9.20. The first kappa shape index (κ1) is 13.2. The molecular weight excluding hydrogens is 295 g/mol. The van der Waals surface area contributed by atoms with Crippen LogP contribution in [-0.4, -0.2) is 19.1 Å². The Morgan fingerprint density at radius 3 is 2.70 bits per heavy atom. The fourth-order valence-electron chi connectivity index (χ4n) is 1.99. The van der Waals surface area contributed by atoms with Crippen LogP contribution in [0.25, 0.3) is 5.69 Å². The summed E-state index contributed by atoms with van der Waals surface area (Å²) < 4.78 is 3.92. The molecule has 0 aliphatic rings. The van der Waals surface area contributed by atoms with Gasteiger partial charge in [-0.2, -0.15) is 0 Å². The van der Waals surface area contributed by atoms with Gasteiger partial charge in [0.15, 0.2) is 0 Å². The van der Waals surface area contributed by atoms with Crippen LogP contribution in [0.4, 0.5) is 0 Å². The lowest BCUT2D eigenvalue weighted by Gasteiger charge is -2.09. The fourth-order valence-corrected chi connectivity index (χ4v) is 2.28. The predicted molar refractivity (Wildman–Crippen MR) is 79.6 cm³/mol. The summed E-state index contributed by atoms with van der Waals surface area (Å²) in [6.45, 7) is 2.07. The van der Waals surface area contributed by atoms with Crippen LogP contribution in [0.5, 0.6) is 0 Å². The van der Waals surface area contributed by atoms with Crippen LogP contribution in [0.15, 0.2) is 49.4 Å². The van der Waals surface area contributed by atoms with E-state index in [0.29, 0.717) is 10.0 Å². The Bertz CT molecular complexity index is 719. The summed E-state index contributed by atoms with van der Waals surface area (Å²) in [5.74, 6) is 0. The average Bonchev–Trinajstić information content (AvgIpc) is 3.11. The molecule has 0 saturated heterocycles. The van der Waals surface area contributed by atoms with Crippen molar-refractivity contribution in [2.75, 3.05) is 0 Å². The van der Waals surface area contributed by atoms with Gasteiger partial charge in [-0.3, -0.25) is 0 Å². The van der Waals surface area contributed by atoms with E-state index < -0.39 is 0 Å². The van der Waals surface area contributed by atoms with Crippen LogP contribution in [0, 0.1) is 0 Å². The van der Waals surface area contributed by atoms with Gasteiger partial charge in [0, 0.05) is 24.3 Å². The predicted octanol–water partition coefficient (Wildman–Crippen LogP) is 3.98. The Morgan fingerprint density at radius 1 is 1.15 bits per heavy atom. The third kappa shape index (κ3) is 2.44. The molecule has 20 heavy (non-hydrogen) atoms. The van der Waals surface area contributed by atoms with Crippen LogP contribution in [0.1, 0.15) is 18.7 Å². The van der Waals surface area contributed by atoms with Gasteiger partial charge in [-0.1, -0.05) is 23.2 Å². The quantitative estimate of drug-likeness (QED) is 0.733. The smallest absolute Gasteiger partial charge is 0.0996 e. The molecule has 1 atom stereocenters. The normalized spacial score (nSPS) is 12.6. The molecule has 0 amide bonds. The second kappa shape index (κ2) is 5.31. The van der Waals surface area contributed by atoms with Gasteiger partial charge >= 0.3 is 0 Å². The molecule has 0 fully saturated rings. The maximum Gasteiger partial charge on any atom is 0.0996 e. The van der Waals surface area contributed by atoms with Gasteiger partial charge in [0.1, 0.15) is 0 Å². The second-order valence-corrected chi connectivity index (χ2v) is 5.30. The fraction of sp³-hybridized carbons (Fsp3) is 0.143. The van der Waals surface area contributed by atoms with Gasteiger partial charge in [0.25, 0.3) is 0 Å². The van der Waals surface area contributed by atoms with Gasteiger partial charge in [-0.25, -0.2) is 9.97 Å². The number of hydrogen-bond acceptors (Lipinski definition) is 2. The zero-order chi connectivity index (χ0) is 14.1. The summed E-state index contributed by atoms with van der Waals surface area (Å²) in [5.41, 5.74) is 1.88. The van der Waals surface area contributed by atoms with Gasteiger partial charge in [-0.15, -0.1) is 0 Å². The van der Waals surface area contributed by atoms with Crippen molar-refractivity contribution < 1.29 is 0 Å². The standard InChI is InChI=1S/C14H12Cl2N4/c1-10(19-5-4-17-8-19)14-7-20(9-18-14)11-2-3-12(15)13(16)6-11/h2-10H,1H3. The molecule has 3 rings (SSSR count). The zero-order valence-corrected chi connectivity index (χ0v) is 12.3. The molecule has 0 saturated carbocycles. The van der Waals surface area contributed by atoms with E-state index in [1.807, 2.05) is 33.7 Å². The molecule has 2 aromatic heterocycles. The average molecular weight is 307 g/mol. The van der Waals surface area contributed by atoms with Crippen molar-refractivity contribution in [1.82, 2.24) is 19.1 Å². The van der Waals surface area contributed by atoms with Crippen molar-refractivity contribution in [3.05, 3.63) is 65.2 Å². The van der Waals surface area contributed by atoms with Gasteiger partial charge < -0.3 is 9.13 Å². The Balaban J connectivity index is 1.92. The highest BCUT2D eigenvalue weighted by atomic mass is 35.5. The van der Waals surface area contributed by atoms with Crippen LogP contribution in [0.3, 0.4) is 0 Å². The number of aromatic nitrogens is 4. The second-order valence-electron chi connectivity index (χ2n) is 4.49. The molecule has 0 bridgehead atoms. The number of nitrogens with zero attached hydrogens (tertiary/aromatic N) is 4. The Morgan fingerprint density at radius 2 is 2.00 bits per heavy atom. The lowest BCUT2D eigenvalue weighted by atomic mass is 10.2. The van der Waals surface area contributed by atoms with E-state index in [1.165, 1.54) is 0 Å². The molecular formula is C14H12Cl2N4. The summed E-state index contributed by atoms with van der Waals surface area (Å²) in [6, 6.07) is 5.62. The van der Waals surface area contributed by atoms with Gasteiger partial charge in [0.05, 0.1) is 34.4 Å². The van der Waals surface area contributed by atoms with Crippen LogP contribution in [0.2, 0.25) is 10.0 Å². The highest BCUT2D eigenvalue weighted by Gasteiger charge is 2.11. The van der Waals surface area contributed by atoms with Crippen LogP contribution in [-0.2, 0) is 0 Å². The SMILES string of the molecule is CC(c1cn(-c2ccc(Cl)c(Cl)c2)cn1)n1ccnc1. The minimum atomic E-state index is 0.126. The highest BCUT2D eigenvalue weighted by Crippen LogP contribution is 2.25. The lowest BCUT2D eigenvalue weighted by Crippen LogP contribution is -2.04. The molecule has 0 spiro atoms. The van der Waals surface area contributed by atoms with Crippen LogP contribution < -0.4 is 0 Å². The number of halogens is 2. The van der Waals surface area contributed by atoms with Crippen molar-refractivity contribution in [1.29, 1.82) is 0 Å². The van der Waals surface area contributed by atoms with Gasteiger partial charge in [-0.05, 0) is 25.1 Å². The summed E-state index contributed by atoms with van der Waals surface area (Å²) in [4.78, 5) is 8.49. The number of imidazole rings is 2. The summed E-state index contributed by atoms with van der Waals surface area (Å²) in [7, 11) is 0. The molecule has 4 nitrogen and oxygen atoms in total. The summed E-state index contributed by atoms with van der Waals surface area (Å²) in [5, 5.41) is 1.07. The molecule has 1 unspecified atom stereocenters. The first-order valence-electron chi connectivity index (χ1n) is 6.12. The topological polar surface area (TPSA) is 35.6 Å². The largest absolute Gasteiger partial charge is 0.329 e. The molecule has 102 valence electrons. The van der Waals surface area contributed by atoms with E-state index >= 15 is 0 Å². The van der Waals surface area contributed by atoms with E-state index in [4.69, 9.17) is 23.2 Å².